The topological polar surface area (TPSA) is 20.2 Å². The number of aliphatic hydroxyl groups excluding tert-OH is 1. The van der Waals surface area contributed by atoms with Crippen LogP contribution in [0.15, 0.2) is 15.9 Å². The van der Waals surface area contributed by atoms with Crippen LogP contribution in [0.3, 0.4) is 0 Å². The Morgan fingerprint density at radius 1 is 1.70 bits per heavy atom. The second-order valence-electron chi connectivity index (χ2n) is 2.23. The largest absolute Gasteiger partial charge is 0.396 e. The summed E-state index contributed by atoms with van der Waals surface area (Å²) in [6.45, 7) is 2.24. The predicted molar refractivity (Wildman–Crippen MR) is 47.5 cm³/mol. The van der Waals surface area contributed by atoms with Crippen molar-refractivity contribution >= 4 is 27.3 Å². The molecule has 10 heavy (non-hydrogen) atoms. The van der Waals surface area contributed by atoms with Crippen LogP contribution in [0.4, 0.5) is 0 Å². The van der Waals surface area contributed by atoms with E-state index in [4.69, 9.17) is 5.11 Å². The van der Waals surface area contributed by atoms with Gasteiger partial charge >= 0.3 is 0 Å². The first kappa shape index (κ1) is 8.24. The van der Waals surface area contributed by atoms with Crippen molar-refractivity contribution in [3.05, 3.63) is 20.8 Å². The van der Waals surface area contributed by atoms with Crippen LogP contribution in [-0.2, 0) is 0 Å². The fourth-order valence-electron chi connectivity index (χ4n) is 0.683. The van der Waals surface area contributed by atoms with E-state index in [2.05, 4.69) is 15.9 Å². The Kier molecular flexibility index (Phi) is 2.89. The Balaban J connectivity index is 2.74. The molecule has 0 spiro atoms. The molecule has 56 valence electrons. The van der Waals surface area contributed by atoms with E-state index >= 15 is 0 Å². The van der Waals surface area contributed by atoms with Crippen molar-refractivity contribution in [1.82, 2.24) is 0 Å². The molecule has 0 amide bonds. The highest BCUT2D eigenvalue weighted by Crippen LogP contribution is 2.27. The maximum atomic E-state index is 8.79. The van der Waals surface area contributed by atoms with Gasteiger partial charge in [0.05, 0.1) is 10.4 Å². The molecule has 1 unspecified atom stereocenters. The summed E-state index contributed by atoms with van der Waals surface area (Å²) in [5, 5.41) is 8.79. The first-order valence-electron chi connectivity index (χ1n) is 3.10. The summed E-state index contributed by atoms with van der Waals surface area (Å²) < 4.78 is 1.13. The van der Waals surface area contributed by atoms with E-state index in [9.17, 15) is 0 Å². The molecule has 0 aliphatic heterocycles. The summed E-state index contributed by atoms with van der Waals surface area (Å²) in [6, 6.07) is 4.04. The van der Waals surface area contributed by atoms with Crippen LogP contribution in [-0.4, -0.2) is 11.7 Å². The second kappa shape index (κ2) is 3.51. The highest BCUT2D eigenvalue weighted by atomic mass is 79.9. The Labute approximate surface area is 72.8 Å². The molecule has 3 heteroatoms. The van der Waals surface area contributed by atoms with Crippen molar-refractivity contribution in [2.75, 3.05) is 6.61 Å². The number of aliphatic hydroxyl groups is 1. The fourth-order valence-corrected chi connectivity index (χ4v) is 2.15. The molecule has 0 radical (unpaired) electrons. The van der Waals surface area contributed by atoms with Crippen LogP contribution in [0.5, 0.6) is 0 Å². The third-order valence-electron chi connectivity index (χ3n) is 1.35. The summed E-state index contributed by atoms with van der Waals surface area (Å²) >= 11 is 5.04. The molecule has 1 aromatic rings. The van der Waals surface area contributed by atoms with Gasteiger partial charge in [-0.25, -0.2) is 0 Å². The van der Waals surface area contributed by atoms with Gasteiger partial charge in [-0.05, 0) is 28.1 Å². The molecular formula is C7H9BrOS. The fraction of sp³-hybridized carbons (Fsp3) is 0.429. The summed E-state index contributed by atoms with van der Waals surface area (Å²) in [5.41, 5.74) is 0. The Hall–Kier alpha value is 0.140. The summed E-state index contributed by atoms with van der Waals surface area (Å²) in [6.07, 6.45) is 0. The summed E-state index contributed by atoms with van der Waals surface area (Å²) in [5.74, 6) is 0.274. The van der Waals surface area contributed by atoms with Gasteiger partial charge in [-0.15, -0.1) is 11.3 Å². The van der Waals surface area contributed by atoms with E-state index in [1.165, 1.54) is 4.88 Å². The zero-order valence-corrected chi connectivity index (χ0v) is 8.08. The summed E-state index contributed by atoms with van der Waals surface area (Å²) in [7, 11) is 0. The molecule has 0 aromatic carbocycles. The van der Waals surface area contributed by atoms with Gasteiger partial charge in [0.2, 0.25) is 0 Å². The van der Waals surface area contributed by atoms with Crippen molar-refractivity contribution in [1.29, 1.82) is 0 Å². The minimum atomic E-state index is 0.229. The molecule has 0 fully saturated rings. The van der Waals surface area contributed by atoms with Crippen molar-refractivity contribution < 1.29 is 5.11 Å². The normalized spacial score (nSPS) is 13.5. The molecular weight excluding hydrogens is 212 g/mol. The summed E-state index contributed by atoms with van der Waals surface area (Å²) in [4.78, 5) is 1.23. The molecule has 1 N–H and O–H groups in total. The van der Waals surface area contributed by atoms with Crippen LogP contribution >= 0.6 is 27.3 Å². The maximum Gasteiger partial charge on any atom is 0.0701 e. The van der Waals surface area contributed by atoms with Gasteiger partial charge in [0.15, 0.2) is 0 Å². The van der Waals surface area contributed by atoms with Crippen LogP contribution in [0, 0.1) is 0 Å². The third kappa shape index (κ3) is 1.81. The maximum absolute atomic E-state index is 8.79. The van der Waals surface area contributed by atoms with Gasteiger partial charge in [-0.3, -0.25) is 0 Å². The quantitative estimate of drug-likeness (QED) is 0.813. The van der Waals surface area contributed by atoms with Crippen molar-refractivity contribution in [3.8, 4) is 0 Å². The van der Waals surface area contributed by atoms with Gasteiger partial charge in [0.1, 0.15) is 0 Å². The molecule has 1 aromatic heterocycles. The van der Waals surface area contributed by atoms with Crippen LogP contribution < -0.4 is 0 Å². The lowest BCUT2D eigenvalue weighted by atomic mass is 10.2. The SMILES string of the molecule is CC(CO)c1ccc(Br)s1. The number of hydrogen-bond acceptors (Lipinski definition) is 2. The number of thiophene rings is 1. The monoisotopic (exact) mass is 220 g/mol. The number of rotatable bonds is 2. The number of halogens is 1. The van der Waals surface area contributed by atoms with Crippen molar-refractivity contribution in [2.45, 2.75) is 12.8 Å². The average Bonchev–Trinajstić information content (AvgIpc) is 2.34. The first-order chi connectivity index (χ1) is 4.74. The van der Waals surface area contributed by atoms with Gasteiger partial charge in [-0.1, -0.05) is 6.92 Å². The lowest BCUT2D eigenvalue weighted by Crippen LogP contribution is -1.94. The molecule has 0 saturated heterocycles. The van der Waals surface area contributed by atoms with Gasteiger partial charge < -0.3 is 5.11 Å². The highest BCUT2D eigenvalue weighted by Gasteiger charge is 2.05. The zero-order valence-electron chi connectivity index (χ0n) is 5.67. The van der Waals surface area contributed by atoms with Crippen LogP contribution in [0.2, 0.25) is 0 Å². The van der Waals surface area contributed by atoms with E-state index in [0.717, 1.165) is 3.79 Å². The molecule has 0 saturated carbocycles. The zero-order chi connectivity index (χ0) is 7.56. The van der Waals surface area contributed by atoms with Gasteiger partial charge in [-0.2, -0.15) is 0 Å². The predicted octanol–water partition coefficient (Wildman–Crippen LogP) is 2.61. The molecule has 0 aliphatic rings. The Morgan fingerprint density at radius 2 is 2.40 bits per heavy atom. The molecule has 0 bridgehead atoms. The number of hydrogen-bond donors (Lipinski definition) is 1. The van der Waals surface area contributed by atoms with E-state index in [0.29, 0.717) is 0 Å². The lowest BCUT2D eigenvalue weighted by molar-refractivity contribution is 0.274. The van der Waals surface area contributed by atoms with E-state index in [1.807, 2.05) is 19.1 Å². The third-order valence-corrected chi connectivity index (χ3v) is 3.21. The molecule has 0 aliphatic carbocycles. The Bertz CT molecular complexity index is 209. The van der Waals surface area contributed by atoms with Crippen molar-refractivity contribution in [2.24, 2.45) is 0 Å². The van der Waals surface area contributed by atoms with Gasteiger partial charge in [0.25, 0.3) is 0 Å². The second-order valence-corrected chi connectivity index (χ2v) is 4.72. The molecule has 1 rings (SSSR count). The van der Waals surface area contributed by atoms with E-state index < -0.39 is 0 Å². The van der Waals surface area contributed by atoms with Gasteiger partial charge in [0, 0.05) is 10.8 Å². The minimum absolute atomic E-state index is 0.229. The highest BCUT2D eigenvalue weighted by molar-refractivity contribution is 9.11. The average molecular weight is 221 g/mol. The Morgan fingerprint density at radius 3 is 2.80 bits per heavy atom. The van der Waals surface area contributed by atoms with E-state index in [1.54, 1.807) is 11.3 Å². The van der Waals surface area contributed by atoms with Crippen LogP contribution in [0.25, 0.3) is 0 Å². The smallest absolute Gasteiger partial charge is 0.0701 e. The standard InChI is InChI=1S/C7H9BrOS/c1-5(4-9)6-2-3-7(8)10-6/h2-3,5,9H,4H2,1H3. The van der Waals surface area contributed by atoms with Crippen molar-refractivity contribution in [3.63, 3.8) is 0 Å². The van der Waals surface area contributed by atoms with E-state index in [-0.39, 0.29) is 12.5 Å². The minimum Gasteiger partial charge on any atom is -0.396 e. The lowest BCUT2D eigenvalue weighted by Gasteiger charge is -2.01. The molecule has 1 atom stereocenters. The molecule has 1 nitrogen and oxygen atoms in total. The first-order valence-corrected chi connectivity index (χ1v) is 4.71. The molecule has 1 heterocycles. The van der Waals surface area contributed by atoms with Crippen LogP contribution in [0.1, 0.15) is 17.7 Å².